The highest BCUT2D eigenvalue weighted by atomic mass is 16.5. The Hall–Kier alpha value is -0.280. The molecule has 0 aliphatic heterocycles. The van der Waals surface area contributed by atoms with Gasteiger partial charge in [-0.15, -0.1) is 0 Å². The van der Waals surface area contributed by atoms with Crippen LogP contribution in [-0.4, -0.2) is 83.5 Å². The lowest BCUT2D eigenvalue weighted by atomic mass is 10.3. The van der Waals surface area contributed by atoms with Crippen LogP contribution < -0.4 is 0 Å². The molecule has 0 aromatic rings. The Labute approximate surface area is 93.9 Å². The van der Waals surface area contributed by atoms with Gasteiger partial charge >= 0.3 is 0 Å². The second-order valence-corrected chi connectivity index (χ2v) is 3.29. The SMILES string of the molecule is OCC(CO)OCC(O)COC(CO)CO. The molecule has 0 fully saturated rings. The second-order valence-electron chi connectivity index (χ2n) is 3.29. The Kier molecular flexibility index (Phi) is 9.74. The summed E-state index contributed by atoms with van der Waals surface area (Å²) in [6.07, 6.45) is -2.39. The normalized spacial score (nSPS) is 12.0. The van der Waals surface area contributed by atoms with E-state index in [2.05, 4.69) is 0 Å². The van der Waals surface area contributed by atoms with Gasteiger partial charge in [-0.1, -0.05) is 0 Å². The van der Waals surface area contributed by atoms with Gasteiger partial charge in [-0.3, -0.25) is 0 Å². The highest BCUT2D eigenvalue weighted by Gasteiger charge is 2.13. The van der Waals surface area contributed by atoms with E-state index in [4.69, 9.17) is 29.9 Å². The number of ether oxygens (including phenoxy) is 2. The molecule has 16 heavy (non-hydrogen) atoms. The van der Waals surface area contributed by atoms with Crippen LogP contribution in [0.2, 0.25) is 0 Å². The van der Waals surface area contributed by atoms with Gasteiger partial charge in [0.05, 0.1) is 39.6 Å². The van der Waals surface area contributed by atoms with Gasteiger partial charge in [0.2, 0.25) is 0 Å². The molecule has 0 bridgehead atoms. The van der Waals surface area contributed by atoms with Gasteiger partial charge in [0.1, 0.15) is 18.3 Å². The first-order chi connectivity index (χ1) is 7.67. The van der Waals surface area contributed by atoms with Gasteiger partial charge in [-0.05, 0) is 0 Å². The zero-order valence-corrected chi connectivity index (χ0v) is 9.03. The Bertz CT molecular complexity index is 131. The number of aliphatic hydroxyl groups is 5. The van der Waals surface area contributed by atoms with E-state index in [9.17, 15) is 5.11 Å². The topological polar surface area (TPSA) is 120 Å². The zero-order valence-electron chi connectivity index (χ0n) is 9.03. The Morgan fingerprint density at radius 1 is 0.688 bits per heavy atom. The molecule has 5 N–H and O–H groups in total. The Balaban J connectivity index is 3.61. The van der Waals surface area contributed by atoms with Gasteiger partial charge in [0.25, 0.3) is 0 Å². The summed E-state index contributed by atoms with van der Waals surface area (Å²) in [5, 5.41) is 44.0. The van der Waals surface area contributed by atoms with Gasteiger partial charge in [-0.25, -0.2) is 0 Å². The molecule has 0 aromatic carbocycles. The summed E-state index contributed by atoms with van der Waals surface area (Å²) in [6, 6.07) is 0. The van der Waals surface area contributed by atoms with Crippen molar-refractivity contribution < 1.29 is 35.0 Å². The molecule has 0 heterocycles. The quantitative estimate of drug-likeness (QED) is 0.277. The fraction of sp³-hybridized carbons (Fsp3) is 1.00. The standard InChI is InChI=1S/C9H20O7/c10-1-8(2-11)15-5-7(14)6-16-9(3-12)4-13/h7-14H,1-6H2. The summed E-state index contributed by atoms with van der Waals surface area (Å²) in [5.74, 6) is 0. The Morgan fingerprint density at radius 2 is 1.00 bits per heavy atom. The maximum atomic E-state index is 9.35. The molecule has 0 spiro atoms. The molecule has 7 nitrogen and oxygen atoms in total. The average molecular weight is 240 g/mol. The fourth-order valence-corrected chi connectivity index (χ4v) is 0.869. The molecule has 0 atom stereocenters. The second kappa shape index (κ2) is 9.91. The van der Waals surface area contributed by atoms with Gasteiger partial charge in [0.15, 0.2) is 0 Å². The first-order valence-corrected chi connectivity index (χ1v) is 5.02. The molecule has 7 heteroatoms. The molecule has 0 aromatic heterocycles. The maximum Gasteiger partial charge on any atom is 0.104 e. The van der Waals surface area contributed by atoms with Crippen LogP contribution in [0.5, 0.6) is 0 Å². The highest BCUT2D eigenvalue weighted by molar-refractivity contribution is 4.59. The largest absolute Gasteiger partial charge is 0.394 e. The van der Waals surface area contributed by atoms with Crippen LogP contribution in [0.1, 0.15) is 0 Å². The van der Waals surface area contributed by atoms with E-state index in [1.165, 1.54) is 0 Å². The van der Waals surface area contributed by atoms with E-state index in [-0.39, 0.29) is 39.6 Å². The van der Waals surface area contributed by atoms with Crippen molar-refractivity contribution in [3.05, 3.63) is 0 Å². The van der Waals surface area contributed by atoms with Gasteiger partial charge in [0, 0.05) is 0 Å². The van der Waals surface area contributed by atoms with Crippen molar-refractivity contribution in [2.75, 3.05) is 39.6 Å². The lowest BCUT2D eigenvalue weighted by Gasteiger charge is -2.18. The first kappa shape index (κ1) is 15.7. The predicted octanol–water partition coefficient (Wildman–Crippen LogP) is -2.91. The third kappa shape index (κ3) is 7.07. The zero-order chi connectivity index (χ0) is 12.4. The molecule has 0 rings (SSSR count). The van der Waals surface area contributed by atoms with Crippen LogP contribution >= 0.6 is 0 Å². The summed E-state index contributed by atoms with van der Waals surface area (Å²) < 4.78 is 9.89. The first-order valence-electron chi connectivity index (χ1n) is 5.02. The van der Waals surface area contributed by atoms with Crippen molar-refractivity contribution in [1.29, 1.82) is 0 Å². The number of hydrogen-bond acceptors (Lipinski definition) is 7. The minimum atomic E-state index is -0.943. The number of hydrogen-bond donors (Lipinski definition) is 5. The van der Waals surface area contributed by atoms with E-state index in [1.54, 1.807) is 0 Å². The van der Waals surface area contributed by atoms with Crippen LogP contribution in [0.15, 0.2) is 0 Å². The predicted molar refractivity (Wildman–Crippen MR) is 53.8 cm³/mol. The molecule has 0 unspecified atom stereocenters. The molecule has 0 aliphatic rings. The summed E-state index contributed by atoms with van der Waals surface area (Å²) >= 11 is 0. The monoisotopic (exact) mass is 240 g/mol. The summed E-state index contributed by atoms with van der Waals surface area (Å²) in [4.78, 5) is 0. The molecule has 0 saturated carbocycles. The molecule has 0 radical (unpaired) electrons. The van der Waals surface area contributed by atoms with Crippen LogP contribution in [0, 0.1) is 0 Å². The van der Waals surface area contributed by atoms with Crippen LogP contribution in [-0.2, 0) is 9.47 Å². The van der Waals surface area contributed by atoms with Crippen molar-refractivity contribution in [2.45, 2.75) is 18.3 Å². The van der Waals surface area contributed by atoms with E-state index in [1.807, 2.05) is 0 Å². The third-order valence-electron chi connectivity index (χ3n) is 1.86. The minimum Gasteiger partial charge on any atom is -0.394 e. The summed E-state index contributed by atoms with van der Waals surface area (Å²) in [5.41, 5.74) is 0. The highest BCUT2D eigenvalue weighted by Crippen LogP contribution is 1.96. The average Bonchev–Trinajstić information content (AvgIpc) is 2.31. The van der Waals surface area contributed by atoms with Crippen LogP contribution in [0.3, 0.4) is 0 Å². The van der Waals surface area contributed by atoms with Crippen molar-refractivity contribution in [3.63, 3.8) is 0 Å². The van der Waals surface area contributed by atoms with E-state index in [0.717, 1.165) is 0 Å². The van der Waals surface area contributed by atoms with E-state index < -0.39 is 18.3 Å². The Morgan fingerprint density at radius 3 is 1.25 bits per heavy atom. The molecular formula is C9H20O7. The maximum absolute atomic E-state index is 9.35. The molecule has 0 saturated heterocycles. The van der Waals surface area contributed by atoms with Crippen LogP contribution in [0.25, 0.3) is 0 Å². The van der Waals surface area contributed by atoms with Crippen molar-refractivity contribution >= 4 is 0 Å². The third-order valence-corrected chi connectivity index (χ3v) is 1.86. The lowest BCUT2D eigenvalue weighted by Crippen LogP contribution is -2.32. The van der Waals surface area contributed by atoms with E-state index >= 15 is 0 Å². The van der Waals surface area contributed by atoms with Gasteiger partial charge < -0.3 is 35.0 Å². The van der Waals surface area contributed by atoms with Crippen molar-refractivity contribution in [1.82, 2.24) is 0 Å². The van der Waals surface area contributed by atoms with Gasteiger partial charge in [-0.2, -0.15) is 0 Å². The molecule has 98 valence electrons. The minimum absolute atomic E-state index is 0.102. The molecular weight excluding hydrogens is 220 g/mol. The smallest absolute Gasteiger partial charge is 0.104 e. The number of rotatable bonds is 10. The van der Waals surface area contributed by atoms with Crippen molar-refractivity contribution in [3.8, 4) is 0 Å². The molecule has 0 amide bonds. The summed E-state index contributed by atoms with van der Waals surface area (Å²) in [6.45, 7) is -1.54. The summed E-state index contributed by atoms with van der Waals surface area (Å²) in [7, 11) is 0. The van der Waals surface area contributed by atoms with Crippen molar-refractivity contribution in [2.24, 2.45) is 0 Å². The number of aliphatic hydroxyl groups excluding tert-OH is 5. The molecule has 0 aliphatic carbocycles. The van der Waals surface area contributed by atoms with E-state index in [0.29, 0.717) is 0 Å². The van der Waals surface area contributed by atoms with Crippen LogP contribution in [0.4, 0.5) is 0 Å². The lowest BCUT2D eigenvalue weighted by molar-refractivity contribution is -0.0946. The fourth-order valence-electron chi connectivity index (χ4n) is 0.869.